The molecule has 0 heterocycles. The average molecular weight is 348 g/mol. The molecular weight excluding hydrogens is 334 g/mol. The molecule has 1 fully saturated rings. The van der Waals surface area contributed by atoms with Gasteiger partial charge in [0.2, 0.25) is 10.0 Å². The molecule has 0 bridgehead atoms. The maximum absolute atomic E-state index is 12.1. The van der Waals surface area contributed by atoms with E-state index < -0.39 is 21.9 Å². The SMILES string of the molecule is O=C(O)[C@@H]1CC[C@H](NS(=O)(=O)c2ccc(Br)cc2)C1. The lowest BCUT2D eigenvalue weighted by Crippen LogP contribution is -2.33. The van der Waals surface area contributed by atoms with Crippen molar-refractivity contribution in [2.75, 3.05) is 0 Å². The fourth-order valence-corrected chi connectivity index (χ4v) is 3.76. The molecule has 0 amide bonds. The summed E-state index contributed by atoms with van der Waals surface area (Å²) in [5, 5.41) is 8.89. The quantitative estimate of drug-likeness (QED) is 0.872. The van der Waals surface area contributed by atoms with Gasteiger partial charge in [0.1, 0.15) is 0 Å². The van der Waals surface area contributed by atoms with Crippen molar-refractivity contribution in [1.82, 2.24) is 4.72 Å². The van der Waals surface area contributed by atoms with Gasteiger partial charge in [-0.25, -0.2) is 13.1 Å². The van der Waals surface area contributed by atoms with Gasteiger partial charge in [-0.15, -0.1) is 0 Å². The van der Waals surface area contributed by atoms with Crippen LogP contribution in [0.25, 0.3) is 0 Å². The Morgan fingerprint density at radius 1 is 1.26 bits per heavy atom. The summed E-state index contributed by atoms with van der Waals surface area (Å²) in [5.41, 5.74) is 0. The molecule has 0 spiro atoms. The summed E-state index contributed by atoms with van der Waals surface area (Å²) in [6, 6.07) is 6.04. The van der Waals surface area contributed by atoms with Crippen LogP contribution < -0.4 is 4.72 Å². The van der Waals surface area contributed by atoms with E-state index >= 15 is 0 Å². The molecule has 1 aliphatic carbocycles. The Bertz CT molecular complexity index is 570. The average Bonchev–Trinajstić information content (AvgIpc) is 2.77. The van der Waals surface area contributed by atoms with Gasteiger partial charge >= 0.3 is 5.97 Å². The lowest BCUT2D eigenvalue weighted by molar-refractivity contribution is -0.141. The van der Waals surface area contributed by atoms with Crippen LogP contribution in [0.5, 0.6) is 0 Å². The van der Waals surface area contributed by atoms with Gasteiger partial charge < -0.3 is 5.11 Å². The zero-order valence-corrected chi connectivity index (χ0v) is 12.4. The zero-order valence-electron chi connectivity index (χ0n) is 10.0. The van der Waals surface area contributed by atoms with Gasteiger partial charge in [0.15, 0.2) is 0 Å². The summed E-state index contributed by atoms with van der Waals surface area (Å²) in [5.74, 6) is -1.30. The van der Waals surface area contributed by atoms with Crippen molar-refractivity contribution < 1.29 is 18.3 Å². The van der Waals surface area contributed by atoms with E-state index in [1.165, 1.54) is 12.1 Å². The Labute approximate surface area is 120 Å². The maximum Gasteiger partial charge on any atom is 0.306 e. The smallest absolute Gasteiger partial charge is 0.306 e. The van der Waals surface area contributed by atoms with Crippen LogP contribution in [0.2, 0.25) is 0 Å². The molecule has 104 valence electrons. The molecule has 0 aromatic heterocycles. The van der Waals surface area contributed by atoms with Crippen LogP contribution in [0.4, 0.5) is 0 Å². The van der Waals surface area contributed by atoms with Gasteiger partial charge in [0.05, 0.1) is 10.8 Å². The van der Waals surface area contributed by atoms with Crippen LogP contribution in [0.15, 0.2) is 33.6 Å². The molecule has 1 aliphatic rings. The highest BCUT2D eigenvalue weighted by Crippen LogP contribution is 2.27. The topological polar surface area (TPSA) is 83.5 Å². The molecule has 1 aromatic carbocycles. The number of nitrogens with one attached hydrogen (secondary N) is 1. The van der Waals surface area contributed by atoms with E-state index in [4.69, 9.17) is 5.11 Å². The standard InChI is InChI=1S/C12H14BrNO4S/c13-9-2-5-11(6-3-9)19(17,18)14-10-4-1-8(7-10)12(15)16/h2-3,5-6,8,10,14H,1,4,7H2,(H,15,16)/t8-,10+/m1/s1. The molecule has 0 saturated heterocycles. The highest BCUT2D eigenvalue weighted by Gasteiger charge is 2.32. The number of sulfonamides is 1. The van der Waals surface area contributed by atoms with Crippen LogP contribution in [-0.4, -0.2) is 25.5 Å². The van der Waals surface area contributed by atoms with E-state index in [1.54, 1.807) is 12.1 Å². The Morgan fingerprint density at radius 2 is 1.89 bits per heavy atom. The second-order valence-electron chi connectivity index (χ2n) is 4.62. The van der Waals surface area contributed by atoms with Crippen LogP contribution in [-0.2, 0) is 14.8 Å². The molecule has 0 radical (unpaired) electrons. The van der Waals surface area contributed by atoms with E-state index in [0.717, 1.165) is 4.47 Å². The molecule has 2 rings (SSSR count). The van der Waals surface area contributed by atoms with E-state index in [0.29, 0.717) is 19.3 Å². The van der Waals surface area contributed by atoms with Crippen LogP contribution in [0.3, 0.4) is 0 Å². The largest absolute Gasteiger partial charge is 0.481 e. The summed E-state index contributed by atoms with van der Waals surface area (Å²) in [4.78, 5) is 11.0. The van der Waals surface area contributed by atoms with Gasteiger partial charge in [0.25, 0.3) is 0 Å². The van der Waals surface area contributed by atoms with E-state index in [1.807, 2.05) is 0 Å². The van der Waals surface area contributed by atoms with E-state index in [9.17, 15) is 13.2 Å². The Morgan fingerprint density at radius 3 is 2.42 bits per heavy atom. The molecule has 19 heavy (non-hydrogen) atoms. The van der Waals surface area contributed by atoms with Crippen molar-refractivity contribution in [2.45, 2.75) is 30.2 Å². The van der Waals surface area contributed by atoms with E-state index in [2.05, 4.69) is 20.7 Å². The number of halogens is 1. The number of hydrogen-bond acceptors (Lipinski definition) is 3. The maximum atomic E-state index is 12.1. The van der Waals surface area contributed by atoms with Gasteiger partial charge in [-0.1, -0.05) is 15.9 Å². The molecule has 2 atom stereocenters. The fraction of sp³-hybridized carbons (Fsp3) is 0.417. The molecule has 0 unspecified atom stereocenters. The number of carboxylic acids is 1. The summed E-state index contributed by atoms with van der Waals surface area (Å²) in [6.07, 6.45) is 1.43. The highest BCUT2D eigenvalue weighted by atomic mass is 79.9. The van der Waals surface area contributed by atoms with Gasteiger partial charge in [-0.3, -0.25) is 4.79 Å². The number of carboxylic acid groups (broad SMARTS) is 1. The Kier molecular flexibility index (Phi) is 4.27. The van der Waals surface area contributed by atoms with Crippen molar-refractivity contribution in [3.8, 4) is 0 Å². The van der Waals surface area contributed by atoms with Crippen molar-refractivity contribution in [1.29, 1.82) is 0 Å². The van der Waals surface area contributed by atoms with Gasteiger partial charge in [-0.2, -0.15) is 0 Å². The van der Waals surface area contributed by atoms with Crippen molar-refractivity contribution in [2.24, 2.45) is 5.92 Å². The molecular formula is C12H14BrNO4S. The number of benzene rings is 1. The predicted molar refractivity (Wildman–Crippen MR) is 73.2 cm³/mol. The van der Waals surface area contributed by atoms with Crippen LogP contribution in [0, 0.1) is 5.92 Å². The first-order valence-corrected chi connectivity index (χ1v) is 8.17. The second-order valence-corrected chi connectivity index (χ2v) is 7.25. The first-order valence-electron chi connectivity index (χ1n) is 5.89. The van der Waals surface area contributed by atoms with Crippen LogP contribution >= 0.6 is 15.9 Å². The normalized spacial score (nSPS) is 23.4. The van der Waals surface area contributed by atoms with Gasteiger partial charge in [0, 0.05) is 10.5 Å². The Hall–Kier alpha value is -0.920. The zero-order chi connectivity index (χ0) is 14.0. The third-order valence-electron chi connectivity index (χ3n) is 3.23. The van der Waals surface area contributed by atoms with E-state index in [-0.39, 0.29) is 10.9 Å². The van der Waals surface area contributed by atoms with Crippen LogP contribution in [0.1, 0.15) is 19.3 Å². The summed E-state index contributed by atoms with van der Waals surface area (Å²) >= 11 is 3.24. The first kappa shape index (κ1) is 14.5. The monoisotopic (exact) mass is 347 g/mol. The summed E-state index contributed by atoms with van der Waals surface area (Å²) < 4.78 is 27.6. The lowest BCUT2D eigenvalue weighted by atomic mass is 10.1. The highest BCUT2D eigenvalue weighted by molar-refractivity contribution is 9.10. The number of carbonyl (C=O) groups is 1. The minimum Gasteiger partial charge on any atom is -0.481 e. The van der Waals surface area contributed by atoms with Crippen molar-refractivity contribution >= 4 is 31.9 Å². The summed E-state index contributed by atoms with van der Waals surface area (Å²) in [7, 11) is -3.57. The fourth-order valence-electron chi connectivity index (χ4n) is 2.21. The molecule has 1 aromatic rings. The van der Waals surface area contributed by atoms with Crippen molar-refractivity contribution in [3.63, 3.8) is 0 Å². The number of rotatable bonds is 4. The molecule has 1 saturated carbocycles. The molecule has 5 nitrogen and oxygen atoms in total. The minimum absolute atomic E-state index is 0.189. The molecule has 7 heteroatoms. The first-order chi connectivity index (χ1) is 8.88. The second kappa shape index (κ2) is 5.60. The number of hydrogen-bond donors (Lipinski definition) is 2. The molecule has 2 N–H and O–H groups in total. The lowest BCUT2D eigenvalue weighted by Gasteiger charge is -2.13. The minimum atomic E-state index is -3.57. The molecule has 0 aliphatic heterocycles. The summed E-state index contributed by atoms with van der Waals surface area (Å²) in [6.45, 7) is 0. The number of aliphatic carboxylic acids is 1. The third-order valence-corrected chi connectivity index (χ3v) is 5.29. The third kappa shape index (κ3) is 3.55. The van der Waals surface area contributed by atoms with Crippen molar-refractivity contribution in [3.05, 3.63) is 28.7 Å². The van der Waals surface area contributed by atoms with Gasteiger partial charge in [-0.05, 0) is 43.5 Å². The Balaban J connectivity index is 2.06. The predicted octanol–water partition coefficient (Wildman–Crippen LogP) is 1.98.